The van der Waals surface area contributed by atoms with Gasteiger partial charge in [-0.05, 0) is 41.8 Å². The molecule has 39 heavy (non-hydrogen) atoms. The Hall–Kier alpha value is -3.59. The van der Waals surface area contributed by atoms with Crippen molar-refractivity contribution >= 4 is 21.8 Å². The number of likely N-dealkylation sites (N-methyl/N-ethyl adjacent to an activating group) is 1. The van der Waals surface area contributed by atoms with Gasteiger partial charge in [0.15, 0.2) is 0 Å². The summed E-state index contributed by atoms with van der Waals surface area (Å²) in [7, 11) is 3.11. The average Bonchev–Trinajstić information content (AvgIpc) is 2.93. The van der Waals surface area contributed by atoms with Crippen LogP contribution in [0.15, 0.2) is 100 Å². The number of hydrogen-bond acceptors (Lipinski definition) is 4. The van der Waals surface area contributed by atoms with Gasteiger partial charge in [0.05, 0.1) is 45.3 Å². The lowest BCUT2D eigenvalue weighted by Crippen LogP contribution is -2.45. The van der Waals surface area contributed by atoms with Gasteiger partial charge in [-0.15, -0.1) is 0 Å². The number of quaternary nitrogens is 1. The monoisotopic (exact) mass is 588 g/mol. The molecule has 0 N–H and O–H groups in total. The molecule has 0 spiro atoms. The summed E-state index contributed by atoms with van der Waals surface area (Å²) in [5.74, 6) is 0.281. The molecule has 0 saturated heterocycles. The highest BCUT2D eigenvalue weighted by Crippen LogP contribution is 2.27. The smallest absolute Gasteiger partial charge is 0.261 e. The van der Waals surface area contributed by atoms with E-state index in [0.29, 0.717) is 29.9 Å². The zero-order chi connectivity index (χ0) is 28.0. The summed E-state index contributed by atoms with van der Waals surface area (Å²) in [6.45, 7) is 2.69. The fourth-order valence-electron chi connectivity index (χ4n) is 4.55. The van der Waals surface area contributed by atoms with Crippen LogP contribution in [0.4, 0.5) is 0 Å². The van der Waals surface area contributed by atoms with Crippen LogP contribution in [0.25, 0.3) is 11.1 Å². The second-order valence-electron chi connectivity index (χ2n) is 10.0. The van der Waals surface area contributed by atoms with Crippen molar-refractivity contribution in [1.82, 2.24) is 14.5 Å². The van der Waals surface area contributed by atoms with Crippen molar-refractivity contribution in [2.24, 2.45) is 0 Å². The van der Waals surface area contributed by atoms with Gasteiger partial charge in [-0.3, -0.25) is 14.2 Å². The second-order valence-corrected chi connectivity index (χ2v) is 10.9. The van der Waals surface area contributed by atoms with Crippen LogP contribution in [-0.2, 0) is 6.54 Å². The summed E-state index contributed by atoms with van der Waals surface area (Å²) in [5, 5.41) is 12.5. The summed E-state index contributed by atoms with van der Waals surface area (Å²) in [6, 6.07) is 25.8. The van der Waals surface area contributed by atoms with Gasteiger partial charge in [0.25, 0.3) is 11.5 Å². The van der Waals surface area contributed by atoms with Gasteiger partial charge in [-0.25, -0.2) is 4.98 Å². The molecule has 0 fully saturated rings. The maximum absolute atomic E-state index is 14.0. The summed E-state index contributed by atoms with van der Waals surface area (Å²) in [4.78, 5) is 34.4. The van der Waals surface area contributed by atoms with E-state index in [4.69, 9.17) is 4.98 Å². The number of halogens is 1. The van der Waals surface area contributed by atoms with E-state index >= 15 is 0 Å². The van der Waals surface area contributed by atoms with Crippen LogP contribution >= 0.6 is 15.9 Å². The molecule has 0 aliphatic carbocycles. The Morgan fingerprint density at radius 3 is 2.21 bits per heavy atom. The molecule has 202 valence electrons. The highest BCUT2D eigenvalue weighted by Gasteiger charge is 2.30. The van der Waals surface area contributed by atoms with Crippen molar-refractivity contribution < 1.29 is 9.44 Å². The fraction of sp³-hybridized carbons (Fsp3) is 0.258. The van der Waals surface area contributed by atoms with Crippen molar-refractivity contribution in [3.05, 3.63) is 128 Å². The van der Waals surface area contributed by atoms with Crippen molar-refractivity contribution in [3.63, 3.8) is 0 Å². The SMILES string of the molecule is CCC(c1ncc(-c2ccccc2)c(=O)n1Cc1ccccc1)N(CC[N+](C)(C)[O-])C(=O)c1ccc(Br)cc1. The molecule has 0 bridgehead atoms. The standard InChI is InChI=1S/C31H33BrN4O3/c1-4-28(34(19-20-36(2,3)39)30(37)25-15-17-26(32)18-16-25)29-33-21-27(24-13-9-6-10-14-24)31(38)35(29)22-23-11-7-5-8-12-23/h5-18,21,28H,4,19-20,22H2,1-3H3. The number of hydrogen-bond donors (Lipinski definition) is 0. The summed E-state index contributed by atoms with van der Waals surface area (Å²) >= 11 is 3.43. The van der Waals surface area contributed by atoms with Gasteiger partial charge >= 0.3 is 0 Å². The van der Waals surface area contributed by atoms with E-state index in [1.54, 1.807) is 41.9 Å². The quantitative estimate of drug-likeness (QED) is 0.171. The molecule has 3 aromatic carbocycles. The third-order valence-electron chi connectivity index (χ3n) is 6.64. The summed E-state index contributed by atoms with van der Waals surface area (Å²) < 4.78 is 1.99. The minimum Gasteiger partial charge on any atom is -0.633 e. The predicted molar refractivity (Wildman–Crippen MR) is 158 cm³/mol. The first-order valence-corrected chi connectivity index (χ1v) is 13.8. The third-order valence-corrected chi connectivity index (χ3v) is 7.17. The maximum atomic E-state index is 14.0. The molecule has 7 nitrogen and oxygen atoms in total. The van der Waals surface area contributed by atoms with Crippen LogP contribution in [0.5, 0.6) is 0 Å². The predicted octanol–water partition coefficient (Wildman–Crippen LogP) is 5.89. The molecule has 4 aromatic rings. The Morgan fingerprint density at radius 2 is 1.62 bits per heavy atom. The molecule has 0 radical (unpaired) electrons. The van der Waals surface area contributed by atoms with Crippen molar-refractivity contribution in [3.8, 4) is 11.1 Å². The highest BCUT2D eigenvalue weighted by atomic mass is 79.9. The number of carbonyl (C=O) groups is 1. The van der Waals surface area contributed by atoms with Gasteiger partial charge in [-0.2, -0.15) is 0 Å². The average molecular weight is 590 g/mol. The van der Waals surface area contributed by atoms with Gasteiger partial charge in [0.2, 0.25) is 0 Å². The molecule has 0 aliphatic heterocycles. The minimum absolute atomic E-state index is 0.176. The van der Waals surface area contributed by atoms with Gasteiger partial charge < -0.3 is 14.8 Å². The number of aromatic nitrogens is 2. The lowest BCUT2D eigenvalue weighted by Gasteiger charge is -2.38. The second kappa shape index (κ2) is 12.5. The van der Waals surface area contributed by atoms with Crippen molar-refractivity contribution in [1.29, 1.82) is 0 Å². The molecule has 1 aromatic heterocycles. The first-order valence-electron chi connectivity index (χ1n) is 13.0. The highest BCUT2D eigenvalue weighted by molar-refractivity contribution is 9.10. The number of rotatable bonds is 10. The molecule has 1 unspecified atom stereocenters. The number of amides is 1. The Labute approximate surface area is 237 Å². The van der Waals surface area contributed by atoms with E-state index in [0.717, 1.165) is 15.6 Å². The van der Waals surface area contributed by atoms with Crippen LogP contribution in [0, 0.1) is 5.21 Å². The first kappa shape index (κ1) is 28.4. The van der Waals surface area contributed by atoms with Gasteiger partial charge in [0, 0.05) is 16.2 Å². The zero-order valence-corrected chi connectivity index (χ0v) is 24.0. The molecule has 0 aliphatic rings. The molecule has 0 saturated carbocycles. The number of nitrogens with zero attached hydrogens (tertiary/aromatic N) is 4. The minimum atomic E-state index is -0.544. The van der Waals surface area contributed by atoms with Gasteiger partial charge in [0.1, 0.15) is 5.82 Å². The van der Waals surface area contributed by atoms with Crippen LogP contribution in [0.2, 0.25) is 0 Å². The Bertz CT molecular complexity index is 1450. The lowest BCUT2D eigenvalue weighted by atomic mass is 10.1. The van der Waals surface area contributed by atoms with Gasteiger partial charge in [-0.1, -0.05) is 83.5 Å². The topological polar surface area (TPSA) is 78.3 Å². The Morgan fingerprint density at radius 1 is 1.00 bits per heavy atom. The van der Waals surface area contributed by atoms with Crippen molar-refractivity contribution in [2.45, 2.75) is 25.9 Å². The van der Waals surface area contributed by atoms with E-state index in [-0.39, 0.29) is 24.6 Å². The Kier molecular flexibility index (Phi) is 9.12. The summed E-state index contributed by atoms with van der Waals surface area (Å²) in [6.07, 6.45) is 2.12. The number of carbonyl (C=O) groups excluding carboxylic acids is 1. The maximum Gasteiger partial charge on any atom is 0.261 e. The van der Waals surface area contributed by atoms with Crippen LogP contribution < -0.4 is 5.56 Å². The molecule has 1 amide bonds. The van der Waals surface area contributed by atoms with Crippen LogP contribution in [0.1, 0.15) is 41.1 Å². The third kappa shape index (κ3) is 7.09. The largest absolute Gasteiger partial charge is 0.633 e. The molecular formula is C31H33BrN4O3. The molecule has 1 atom stereocenters. The summed E-state index contributed by atoms with van der Waals surface area (Å²) in [5.41, 5.74) is 2.55. The van der Waals surface area contributed by atoms with Crippen LogP contribution in [-0.4, -0.2) is 52.2 Å². The number of hydroxylamine groups is 3. The lowest BCUT2D eigenvalue weighted by molar-refractivity contribution is -0.839. The van der Waals surface area contributed by atoms with Crippen molar-refractivity contribution in [2.75, 3.05) is 27.2 Å². The fourth-order valence-corrected chi connectivity index (χ4v) is 4.82. The molecule has 1 heterocycles. The zero-order valence-electron chi connectivity index (χ0n) is 22.5. The van der Waals surface area contributed by atoms with E-state index in [9.17, 15) is 14.8 Å². The Balaban J connectivity index is 1.85. The first-order chi connectivity index (χ1) is 18.7. The normalized spacial score (nSPS) is 12.2. The van der Waals surface area contributed by atoms with E-state index in [1.807, 2.05) is 79.7 Å². The van der Waals surface area contributed by atoms with E-state index < -0.39 is 10.7 Å². The molecular weight excluding hydrogens is 556 g/mol. The molecule has 4 rings (SSSR count). The van der Waals surface area contributed by atoms with Crippen LogP contribution in [0.3, 0.4) is 0 Å². The molecule has 8 heteroatoms. The van der Waals surface area contributed by atoms with E-state index in [1.165, 1.54) is 0 Å². The van der Waals surface area contributed by atoms with E-state index in [2.05, 4.69) is 15.9 Å². The number of benzene rings is 3.